The molecule has 1 aliphatic rings. The molecule has 3 atom stereocenters. The predicted molar refractivity (Wildman–Crippen MR) is 107 cm³/mol. The predicted octanol–water partition coefficient (Wildman–Crippen LogP) is 4.48. The summed E-state index contributed by atoms with van der Waals surface area (Å²) in [6.45, 7) is 12.2. The Balaban J connectivity index is 2.87. The molecule has 0 aromatic heterocycles. The Morgan fingerprint density at radius 1 is 1.11 bits per heavy atom. The van der Waals surface area contributed by atoms with Crippen molar-refractivity contribution in [1.29, 1.82) is 0 Å². The number of allylic oxidation sites excluding steroid dienone is 5. The summed E-state index contributed by atoms with van der Waals surface area (Å²) in [7, 11) is 4.31. The van der Waals surface area contributed by atoms with Crippen LogP contribution in [0.3, 0.4) is 0 Å². The topological polar surface area (TPSA) is 57.3 Å². The first-order chi connectivity index (χ1) is 12.7. The van der Waals surface area contributed by atoms with Gasteiger partial charge in [0.15, 0.2) is 11.5 Å². The van der Waals surface area contributed by atoms with E-state index < -0.39 is 5.97 Å². The fourth-order valence-corrected chi connectivity index (χ4v) is 2.80. The van der Waals surface area contributed by atoms with Crippen LogP contribution < -0.4 is 0 Å². The zero-order valence-corrected chi connectivity index (χ0v) is 17.5. The molecule has 0 aromatic carbocycles. The highest BCUT2D eigenvalue weighted by atomic mass is 16.6. The number of epoxide rings is 1. The molecule has 0 N–H and O–H groups in total. The molecule has 0 bridgehead atoms. The third-order valence-electron chi connectivity index (χ3n) is 4.74. The summed E-state index contributed by atoms with van der Waals surface area (Å²) < 4.78 is 20.9. The van der Waals surface area contributed by atoms with Crippen LogP contribution in [0.15, 0.2) is 59.6 Å². The van der Waals surface area contributed by atoms with Crippen molar-refractivity contribution in [3.8, 4) is 0 Å². The smallest absolute Gasteiger partial charge is 0.334 e. The van der Waals surface area contributed by atoms with Crippen molar-refractivity contribution in [2.75, 3.05) is 21.3 Å². The summed E-state index contributed by atoms with van der Waals surface area (Å²) in [5.41, 5.74) is 2.13. The van der Waals surface area contributed by atoms with E-state index in [9.17, 15) is 4.79 Å². The molecule has 0 saturated carbocycles. The molecule has 5 nitrogen and oxygen atoms in total. The van der Waals surface area contributed by atoms with Gasteiger partial charge in [0.2, 0.25) is 0 Å². The maximum Gasteiger partial charge on any atom is 0.334 e. The highest BCUT2D eigenvalue weighted by molar-refractivity contribution is 5.83. The lowest BCUT2D eigenvalue weighted by Crippen LogP contribution is -2.14. The van der Waals surface area contributed by atoms with Crippen LogP contribution in [-0.2, 0) is 23.7 Å². The first-order valence-electron chi connectivity index (χ1n) is 8.95. The molecule has 27 heavy (non-hydrogen) atoms. The van der Waals surface area contributed by atoms with Gasteiger partial charge in [-0.3, -0.25) is 0 Å². The number of carbonyl (C=O) groups is 1. The van der Waals surface area contributed by atoms with E-state index in [4.69, 9.17) is 14.2 Å². The van der Waals surface area contributed by atoms with E-state index in [1.54, 1.807) is 0 Å². The number of methoxy groups -OCH3 is 3. The Morgan fingerprint density at radius 2 is 1.70 bits per heavy atom. The van der Waals surface area contributed by atoms with Crippen LogP contribution in [0.4, 0.5) is 0 Å². The SMILES string of the molecule is C=C[C@@H]1O[C@@]1(C)C[C@@H](C)/C(C)=C/C=C(C)\C=C(OC)\C(=C\C(=O)OC)OC. The molecule has 1 rings (SSSR count). The van der Waals surface area contributed by atoms with Gasteiger partial charge in [-0.25, -0.2) is 4.79 Å². The summed E-state index contributed by atoms with van der Waals surface area (Å²) in [4.78, 5) is 11.4. The molecule has 0 spiro atoms. The maximum absolute atomic E-state index is 11.4. The van der Waals surface area contributed by atoms with Crippen molar-refractivity contribution >= 4 is 5.97 Å². The van der Waals surface area contributed by atoms with Gasteiger partial charge in [-0.15, -0.1) is 6.58 Å². The average molecular weight is 376 g/mol. The van der Waals surface area contributed by atoms with Gasteiger partial charge >= 0.3 is 5.97 Å². The summed E-state index contributed by atoms with van der Waals surface area (Å²) in [5.74, 6) is 0.641. The normalized spacial score (nSPS) is 24.9. The van der Waals surface area contributed by atoms with E-state index in [1.165, 1.54) is 33.0 Å². The molecule has 150 valence electrons. The molecule has 0 radical (unpaired) electrons. The lowest BCUT2D eigenvalue weighted by molar-refractivity contribution is -0.135. The van der Waals surface area contributed by atoms with Gasteiger partial charge < -0.3 is 18.9 Å². The number of hydrogen-bond acceptors (Lipinski definition) is 5. The largest absolute Gasteiger partial charge is 0.493 e. The monoisotopic (exact) mass is 376 g/mol. The average Bonchev–Trinajstić information content (AvgIpc) is 3.31. The summed E-state index contributed by atoms with van der Waals surface area (Å²) in [6, 6.07) is 0. The number of ether oxygens (including phenoxy) is 4. The van der Waals surface area contributed by atoms with Crippen LogP contribution in [0.1, 0.15) is 34.1 Å². The maximum atomic E-state index is 11.4. The molecule has 1 saturated heterocycles. The summed E-state index contributed by atoms with van der Waals surface area (Å²) >= 11 is 0. The van der Waals surface area contributed by atoms with E-state index in [2.05, 4.69) is 38.2 Å². The molecule has 0 aromatic rings. The standard InChI is InChI=1S/C22H32O5/c1-9-20-22(5,27-20)14-17(4)16(3)11-10-15(2)12-18(24-6)19(25-7)13-21(23)26-8/h9-13,17,20H,1,14H2,2-8H3/b15-10-,16-11+,18-12-,19-13-/t17-,20+,22+/m1/s1. The molecule has 5 heteroatoms. The van der Waals surface area contributed by atoms with Crippen LogP contribution in [0.5, 0.6) is 0 Å². The third-order valence-corrected chi connectivity index (χ3v) is 4.74. The lowest BCUT2D eigenvalue weighted by atomic mass is 9.89. The molecular formula is C22H32O5. The first-order valence-corrected chi connectivity index (χ1v) is 8.95. The quantitative estimate of drug-likeness (QED) is 0.140. The fraction of sp³-hybridized carbons (Fsp3) is 0.500. The van der Waals surface area contributed by atoms with Gasteiger partial charge in [0.05, 0.1) is 33.0 Å². The van der Waals surface area contributed by atoms with Crippen LogP contribution in [-0.4, -0.2) is 39.0 Å². The van der Waals surface area contributed by atoms with E-state index in [0.717, 1.165) is 12.0 Å². The molecule has 1 fully saturated rings. The van der Waals surface area contributed by atoms with E-state index >= 15 is 0 Å². The van der Waals surface area contributed by atoms with Gasteiger partial charge in [0.25, 0.3) is 0 Å². The molecule has 0 unspecified atom stereocenters. The van der Waals surface area contributed by atoms with Gasteiger partial charge in [-0.1, -0.05) is 30.7 Å². The van der Waals surface area contributed by atoms with Crippen molar-refractivity contribution in [2.45, 2.75) is 45.8 Å². The first kappa shape index (κ1) is 22.8. The molecule has 1 heterocycles. The minimum Gasteiger partial charge on any atom is -0.493 e. The second-order valence-electron chi connectivity index (χ2n) is 6.96. The van der Waals surface area contributed by atoms with Gasteiger partial charge in [-0.2, -0.15) is 0 Å². The minimum atomic E-state index is -0.505. The summed E-state index contributed by atoms with van der Waals surface area (Å²) in [5, 5.41) is 0. The zero-order valence-electron chi connectivity index (χ0n) is 17.5. The highest BCUT2D eigenvalue weighted by Gasteiger charge is 2.50. The minimum absolute atomic E-state index is 0.0931. The van der Waals surface area contributed by atoms with Crippen molar-refractivity contribution in [2.24, 2.45) is 5.92 Å². The fourth-order valence-electron chi connectivity index (χ4n) is 2.80. The van der Waals surface area contributed by atoms with E-state index in [-0.39, 0.29) is 11.7 Å². The lowest BCUT2D eigenvalue weighted by Gasteiger charge is -2.15. The second-order valence-corrected chi connectivity index (χ2v) is 6.96. The second kappa shape index (κ2) is 10.2. The van der Waals surface area contributed by atoms with Gasteiger partial charge in [0.1, 0.15) is 6.10 Å². The van der Waals surface area contributed by atoms with Crippen molar-refractivity contribution in [1.82, 2.24) is 0 Å². The van der Waals surface area contributed by atoms with Crippen molar-refractivity contribution < 1.29 is 23.7 Å². The van der Waals surface area contributed by atoms with Crippen LogP contribution >= 0.6 is 0 Å². The van der Waals surface area contributed by atoms with Crippen molar-refractivity contribution in [3.63, 3.8) is 0 Å². The number of carbonyl (C=O) groups excluding carboxylic acids is 1. The van der Waals surface area contributed by atoms with E-state index in [0.29, 0.717) is 17.4 Å². The molecular weight excluding hydrogens is 344 g/mol. The Hall–Kier alpha value is -2.27. The molecule has 1 aliphatic heterocycles. The Bertz CT molecular complexity index is 668. The van der Waals surface area contributed by atoms with Crippen molar-refractivity contribution in [3.05, 3.63) is 59.6 Å². The van der Waals surface area contributed by atoms with Crippen LogP contribution in [0, 0.1) is 5.92 Å². The van der Waals surface area contributed by atoms with Crippen LogP contribution in [0.2, 0.25) is 0 Å². The van der Waals surface area contributed by atoms with Gasteiger partial charge in [-0.05, 0) is 44.8 Å². The number of rotatable bonds is 10. The van der Waals surface area contributed by atoms with Crippen LogP contribution in [0.25, 0.3) is 0 Å². The Kier molecular flexibility index (Phi) is 8.57. The van der Waals surface area contributed by atoms with Gasteiger partial charge in [0, 0.05) is 0 Å². The molecule has 0 aliphatic carbocycles. The highest BCUT2D eigenvalue weighted by Crippen LogP contribution is 2.43. The number of hydrogen-bond donors (Lipinski definition) is 0. The zero-order chi connectivity index (χ0) is 20.6. The Morgan fingerprint density at radius 3 is 2.19 bits per heavy atom. The summed E-state index contributed by atoms with van der Waals surface area (Å²) in [6.07, 6.45) is 10.1. The third kappa shape index (κ3) is 6.75. The van der Waals surface area contributed by atoms with E-state index in [1.807, 2.05) is 25.2 Å². The number of esters is 1. The molecule has 0 amide bonds. The Labute approximate surface area is 163 Å².